The summed E-state index contributed by atoms with van der Waals surface area (Å²) in [5, 5.41) is 1.05. The summed E-state index contributed by atoms with van der Waals surface area (Å²) in [5.74, 6) is 1.46. The van der Waals surface area contributed by atoms with Crippen molar-refractivity contribution in [3.05, 3.63) is 69.1 Å². The Balaban J connectivity index is 1.77. The molecule has 5 rings (SSSR count). The Morgan fingerprint density at radius 3 is 2.45 bits per heavy atom. The summed E-state index contributed by atoms with van der Waals surface area (Å²) < 4.78 is 15.4. The Bertz CT molecular complexity index is 1450. The van der Waals surface area contributed by atoms with Gasteiger partial charge in [0.15, 0.2) is 17.1 Å². The van der Waals surface area contributed by atoms with Gasteiger partial charge in [-0.25, -0.2) is 9.97 Å². The van der Waals surface area contributed by atoms with Crippen LogP contribution in [0.2, 0.25) is 0 Å². The van der Waals surface area contributed by atoms with Crippen LogP contribution in [0.15, 0.2) is 63.5 Å². The van der Waals surface area contributed by atoms with Gasteiger partial charge in [0.1, 0.15) is 5.52 Å². The summed E-state index contributed by atoms with van der Waals surface area (Å²) in [5.41, 5.74) is 5.64. The first-order chi connectivity index (χ1) is 15.1. The summed E-state index contributed by atoms with van der Waals surface area (Å²) in [4.78, 5) is 9.94. The molecular weight excluding hydrogens is 522 g/mol. The van der Waals surface area contributed by atoms with E-state index in [9.17, 15) is 0 Å². The van der Waals surface area contributed by atoms with E-state index in [-0.39, 0.29) is 0 Å². The Kier molecular flexibility index (Phi) is 5.32. The van der Waals surface area contributed by atoms with Gasteiger partial charge in [0.25, 0.3) is 0 Å². The number of nitrogens with zero attached hydrogens (tertiary/aromatic N) is 3. The fraction of sp³-hybridized carbons (Fsp3) is 0.167. The summed E-state index contributed by atoms with van der Waals surface area (Å²) in [6.07, 6.45) is 0. The number of para-hydroxylation sites is 2. The number of rotatable bonds is 5. The molecule has 0 aliphatic heterocycles. The molecule has 0 N–H and O–H groups in total. The minimum absolute atomic E-state index is 0.576. The van der Waals surface area contributed by atoms with Crippen LogP contribution in [-0.2, 0) is 6.54 Å². The van der Waals surface area contributed by atoms with Crippen molar-refractivity contribution in [3.8, 4) is 11.5 Å². The average Bonchev–Trinajstić information content (AvgIpc) is 3.05. The maximum Gasteiger partial charge on any atom is 0.161 e. The van der Waals surface area contributed by atoms with Gasteiger partial charge in [-0.2, -0.15) is 0 Å². The first-order valence-electron chi connectivity index (χ1n) is 9.92. The molecule has 5 aromatic rings. The molecule has 7 heteroatoms. The van der Waals surface area contributed by atoms with Crippen LogP contribution in [0.25, 0.3) is 33.1 Å². The highest BCUT2D eigenvalue weighted by Crippen LogP contribution is 2.37. The van der Waals surface area contributed by atoms with E-state index >= 15 is 0 Å². The molecular formula is C24H19Br2N3O2. The number of halogens is 2. The lowest BCUT2D eigenvalue weighted by Crippen LogP contribution is -2.03. The monoisotopic (exact) mass is 539 g/mol. The number of ether oxygens (including phenoxy) is 2. The Hall–Kier alpha value is -2.64. The normalized spacial score (nSPS) is 11.5. The molecule has 2 aromatic heterocycles. The van der Waals surface area contributed by atoms with Gasteiger partial charge >= 0.3 is 0 Å². The molecule has 2 heterocycles. The quantitative estimate of drug-likeness (QED) is 0.248. The van der Waals surface area contributed by atoms with Crippen molar-refractivity contribution in [2.45, 2.75) is 13.5 Å². The predicted molar refractivity (Wildman–Crippen MR) is 131 cm³/mol. The van der Waals surface area contributed by atoms with Gasteiger partial charge in [0.2, 0.25) is 0 Å². The van der Waals surface area contributed by atoms with E-state index in [1.54, 1.807) is 7.11 Å². The molecule has 156 valence electrons. The van der Waals surface area contributed by atoms with Crippen molar-refractivity contribution in [2.75, 3.05) is 13.7 Å². The standard InChI is InChI=1S/C24H19Br2N3O2/c1-3-31-21-10-14(8-9-20(21)30-2)13-29-23-16(11-15(25)12-17(23)26)22-24(29)28-19-7-5-4-6-18(19)27-22/h4-12H,3,13H2,1-2H3. The lowest BCUT2D eigenvalue weighted by molar-refractivity contribution is 0.310. The van der Waals surface area contributed by atoms with Crippen molar-refractivity contribution in [1.29, 1.82) is 0 Å². The second-order valence-corrected chi connectivity index (χ2v) is 8.94. The maximum atomic E-state index is 5.78. The first-order valence-corrected chi connectivity index (χ1v) is 11.5. The minimum Gasteiger partial charge on any atom is -0.493 e. The maximum absolute atomic E-state index is 5.78. The van der Waals surface area contributed by atoms with Crippen LogP contribution in [0, 0.1) is 0 Å². The van der Waals surface area contributed by atoms with Gasteiger partial charge in [-0.1, -0.05) is 34.1 Å². The van der Waals surface area contributed by atoms with E-state index in [0.717, 1.165) is 59.1 Å². The number of benzene rings is 3. The summed E-state index contributed by atoms with van der Waals surface area (Å²) in [6.45, 7) is 3.16. The Morgan fingerprint density at radius 2 is 1.71 bits per heavy atom. The van der Waals surface area contributed by atoms with Crippen LogP contribution < -0.4 is 9.47 Å². The predicted octanol–water partition coefficient (Wildman–Crippen LogP) is 6.72. The number of hydrogen-bond acceptors (Lipinski definition) is 4. The van der Waals surface area contributed by atoms with E-state index in [0.29, 0.717) is 13.2 Å². The van der Waals surface area contributed by atoms with Crippen LogP contribution in [0.1, 0.15) is 12.5 Å². The highest BCUT2D eigenvalue weighted by atomic mass is 79.9. The number of methoxy groups -OCH3 is 1. The van der Waals surface area contributed by atoms with Gasteiger partial charge < -0.3 is 14.0 Å². The lowest BCUT2D eigenvalue weighted by Gasteiger charge is -2.13. The molecule has 0 bridgehead atoms. The van der Waals surface area contributed by atoms with E-state index in [1.165, 1.54) is 0 Å². The molecule has 0 saturated heterocycles. The van der Waals surface area contributed by atoms with E-state index in [2.05, 4.69) is 54.6 Å². The molecule has 5 nitrogen and oxygen atoms in total. The van der Waals surface area contributed by atoms with E-state index < -0.39 is 0 Å². The zero-order valence-corrected chi connectivity index (χ0v) is 20.2. The summed E-state index contributed by atoms with van der Waals surface area (Å²) in [6, 6.07) is 18.1. The molecule has 0 fully saturated rings. The Morgan fingerprint density at radius 1 is 0.935 bits per heavy atom. The topological polar surface area (TPSA) is 49.2 Å². The average molecular weight is 541 g/mol. The molecule has 0 radical (unpaired) electrons. The number of aromatic nitrogens is 3. The van der Waals surface area contributed by atoms with Crippen molar-refractivity contribution >= 4 is 65.0 Å². The van der Waals surface area contributed by atoms with Gasteiger partial charge in [0, 0.05) is 20.9 Å². The van der Waals surface area contributed by atoms with Crippen LogP contribution in [0.3, 0.4) is 0 Å². The molecule has 0 unspecified atom stereocenters. The number of fused-ring (bicyclic) bond motifs is 4. The zero-order chi connectivity index (χ0) is 21.5. The summed E-state index contributed by atoms with van der Waals surface area (Å²) in [7, 11) is 1.65. The molecule has 31 heavy (non-hydrogen) atoms. The van der Waals surface area contributed by atoms with Gasteiger partial charge in [-0.15, -0.1) is 0 Å². The highest BCUT2D eigenvalue weighted by molar-refractivity contribution is 9.11. The van der Waals surface area contributed by atoms with Crippen LogP contribution in [0.5, 0.6) is 11.5 Å². The van der Waals surface area contributed by atoms with Crippen LogP contribution in [-0.4, -0.2) is 28.3 Å². The van der Waals surface area contributed by atoms with Crippen molar-refractivity contribution in [3.63, 3.8) is 0 Å². The second-order valence-electron chi connectivity index (χ2n) is 7.17. The number of hydrogen-bond donors (Lipinski definition) is 0. The Labute approximate surface area is 196 Å². The molecule has 0 spiro atoms. The fourth-order valence-electron chi connectivity index (χ4n) is 3.91. The van der Waals surface area contributed by atoms with Crippen molar-refractivity contribution in [2.24, 2.45) is 0 Å². The van der Waals surface area contributed by atoms with Gasteiger partial charge in [0.05, 0.1) is 30.3 Å². The molecule has 3 aromatic carbocycles. The molecule has 0 aliphatic carbocycles. The van der Waals surface area contributed by atoms with Crippen molar-refractivity contribution < 1.29 is 9.47 Å². The smallest absolute Gasteiger partial charge is 0.161 e. The summed E-state index contributed by atoms with van der Waals surface area (Å²) >= 11 is 7.38. The van der Waals surface area contributed by atoms with E-state index in [4.69, 9.17) is 19.4 Å². The van der Waals surface area contributed by atoms with Crippen molar-refractivity contribution in [1.82, 2.24) is 14.5 Å². The SMILES string of the molecule is CCOc1cc(Cn2c3nc4ccccc4nc3c3cc(Br)cc(Br)c32)ccc1OC. The first kappa shape index (κ1) is 20.3. The molecule has 0 atom stereocenters. The third kappa shape index (κ3) is 3.55. The van der Waals surface area contributed by atoms with Gasteiger partial charge in [-0.3, -0.25) is 0 Å². The zero-order valence-electron chi connectivity index (χ0n) is 17.0. The molecule has 0 saturated carbocycles. The van der Waals surface area contributed by atoms with Gasteiger partial charge in [-0.05, 0) is 64.8 Å². The van der Waals surface area contributed by atoms with Crippen LogP contribution in [0.4, 0.5) is 0 Å². The van der Waals surface area contributed by atoms with Crippen LogP contribution >= 0.6 is 31.9 Å². The minimum atomic E-state index is 0.576. The third-order valence-corrected chi connectivity index (χ3v) is 6.29. The molecule has 0 aliphatic rings. The third-order valence-electron chi connectivity index (χ3n) is 5.23. The molecule has 0 amide bonds. The highest BCUT2D eigenvalue weighted by Gasteiger charge is 2.18. The largest absolute Gasteiger partial charge is 0.493 e. The fourth-order valence-corrected chi connectivity index (χ4v) is 5.35. The second kappa shape index (κ2) is 8.13. The van der Waals surface area contributed by atoms with E-state index in [1.807, 2.05) is 43.3 Å². The lowest BCUT2D eigenvalue weighted by atomic mass is 10.2.